The first-order valence-electron chi connectivity index (χ1n) is 9.69. The van der Waals surface area contributed by atoms with E-state index < -0.39 is 0 Å². The summed E-state index contributed by atoms with van der Waals surface area (Å²) in [7, 11) is 0. The van der Waals surface area contributed by atoms with Crippen molar-refractivity contribution in [3.8, 4) is 0 Å². The van der Waals surface area contributed by atoms with Crippen LogP contribution >= 0.6 is 0 Å². The molecule has 0 bridgehead atoms. The Balaban J connectivity index is 1.31. The van der Waals surface area contributed by atoms with Gasteiger partial charge in [0.2, 0.25) is 5.91 Å². The quantitative estimate of drug-likeness (QED) is 0.756. The lowest BCUT2D eigenvalue weighted by atomic mass is 9.96. The summed E-state index contributed by atoms with van der Waals surface area (Å²) in [4.78, 5) is 26.3. The first-order valence-corrected chi connectivity index (χ1v) is 9.69. The first kappa shape index (κ1) is 17.5. The number of fused-ring (bicyclic) bond motifs is 1. The van der Waals surface area contributed by atoms with Gasteiger partial charge in [0.1, 0.15) is 0 Å². The fourth-order valence-corrected chi connectivity index (χ4v) is 4.30. The summed E-state index contributed by atoms with van der Waals surface area (Å²) in [5.41, 5.74) is 0. The van der Waals surface area contributed by atoms with Gasteiger partial charge in [0.25, 0.3) is 0 Å². The standard InChI is InChI=1S/C18H31N3O3/c22-17(21-12-13-24-16-9-4-8-15(16)21)10-5-11-19-18(23)20-14-6-2-1-3-7-14/h14-16H,1-13H2,(H2,19,20,23)/t15-,16-/m1/s1. The molecule has 2 aliphatic carbocycles. The van der Waals surface area contributed by atoms with Gasteiger partial charge >= 0.3 is 6.03 Å². The molecule has 3 aliphatic rings. The smallest absolute Gasteiger partial charge is 0.315 e. The third-order valence-corrected chi connectivity index (χ3v) is 5.60. The van der Waals surface area contributed by atoms with Crippen LogP contribution in [0.15, 0.2) is 0 Å². The predicted octanol–water partition coefficient (Wildman–Crippen LogP) is 2.18. The molecule has 0 spiro atoms. The maximum Gasteiger partial charge on any atom is 0.315 e. The second-order valence-corrected chi connectivity index (χ2v) is 7.33. The van der Waals surface area contributed by atoms with Crippen molar-refractivity contribution in [2.75, 3.05) is 19.7 Å². The molecule has 0 aromatic carbocycles. The van der Waals surface area contributed by atoms with E-state index in [2.05, 4.69) is 10.6 Å². The van der Waals surface area contributed by atoms with Crippen LogP contribution in [0.4, 0.5) is 4.79 Å². The molecule has 0 unspecified atom stereocenters. The lowest BCUT2D eigenvalue weighted by Gasteiger charge is -2.37. The zero-order valence-electron chi connectivity index (χ0n) is 14.6. The van der Waals surface area contributed by atoms with Crippen molar-refractivity contribution in [1.82, 2.24) is 15.5 Å². The predicted molar refractivity (Wildman–Crippen MR) is 91.7 cm³/mol. The fourth-order valence-electron chi connectivity index (χ4n) is 4.30. The van der Waals surface area contributed by atoms with Crippen LogP contribution in [0, 0.1) is 0 Å². The SMILES string of the molecule is O=C(NCCCC(=O)N1CCO[C@@H]2CCC[C@H]21)NC1CCCCC1. The van der Waals surface area contributed by atoms with Crippen molar-refractivity contribution < 1.29 is 14.3 Å². The minimum absolute atomic E-state index is 0.0865. The zero-order valence-corrected chi connectivity index (χ0v) is 14.6. The summed E-state index contributed by atoms with van der Waals surface area (Å²) in [5.74, 6) is 0.213. The number of rotatable bonds is 5. The number of urea groups is 1. The highest BCUT2D eigenvalue weighted by molar-refractivity contribution is 5.77. The summed E-state index contributed by atoms with van der Waals surface area (Å²) >= 11 is 0. The number of morpholine rings is 1. The molecule has 6 heteroatoms. The van der Waals surface area contributed by atoms with Gasteiger partial charge in [-0.1, -0.05) is 19.3 Å². The van der Waals surface area contributed by atoms with Crippen molar-refractivity contribution in [3.05, 3.63) is 0 Å². The number of carbonyl (C=O) groups excluding carboxylic acids is 2. The van der Waals surface area contributed by atoms with Gasteiger partial charge in [-0.15, -0.1) is 0 Å². The molecule has 1 heterocycles. The maximum absolute atomic E-state index is 12.4. The van der Waals surface area contributed by atoms with Gasteiger partial charge in [-0.2, -0.15) is 0 Å². The highest BCUT2D eigenvalue weighted by Gasteiger charge is 2.37. The summed E-state index contributed by atoms with van der Waals surface area (Å²) in [6.07, 6.45) is 10.6. The minimum Gasteiger partial charge on any atom is -0.374 e. The molecule has 3 rings (SSSR count). The topological polar surface area (TPSA) is 70.7 Å². The second-order valence-electron chi connectivity index (χ2n) is 7.33. The number of hydrogen-bond donors (Lipinski definition) is 2. The fraction of sp³-hybridized carbons (Fsp3) is 0.889. The van der Waals surface area contributed by atoms with Crippen LogP contribution in [0.2, 0.25) is 0 Å². The Morgan fingerprint density at radius 2 is 1.88 bits per heavy atom. The van der Waals surface area contributed by atoms with Crippen LogP contribution in [0.5, 0.6) is 0 Å². The number of nitrogens with zero attached hydrogens (tertiary/aromatic N) is 1. The van der Waals surface area contributed by atoms with E-state index in [0.29, 0.717) is 32.0 Å². The molecule has 6 nitrogen and oxygen atoms in total. The monoisotopic (exact) mass is 337 g/mol. The number of hydrogen-bond acceptors (Lipinski definition) is 3. The van der Waals surface area contributed by atoms with Crippen LogP contribution in [-0.4, -0.2) is 54.7 Å². The molecule has 136 valence electrons. The van der Waals surface area contributed by atoms with Crippen molar-refractivity contribution in [3.63, 3.8) is 0 Å². The second kappa shape index (κ2) is 8.70. The van der Waals surface area contributed by atoms with Gasteiger partial charge in [-0.3, -0.25) is 4.79 Å². The highest BCUT2D eigenvalue weighted by Crippen LogP contribution is 2.30. The van der Waals surface area contributed by atoms with E-state index in [0.717, 1.165) is 38.6 Å². The Labute approximate surface area is 144 Å². The molecular formula is C18H31N3O3. The molecule has 3 amide bonds. The minimum atomic E-state index is -0.0865. The van der Waals surface area contributed by atoms with Crippen molar-refractivity contribution in [2.45, 2.75) is 82.4 Å². The van der Waals surface area contributed by atoms with Crippen LogP contribution in [-0.2, 0) is 9.53 Å². The van der Waals surface area contributed by atoms with Crippen molar-refractivity contribution in [2.24, 2.45) is 0 Å². The molecule has 1 saturated heterocycles. The Bertz CT molecular complexity index is 437. The van der Waals surface area contributed by atoms with E-state index >= 15 is 0 Å². The molecule has 24 heavy (non-hydrogen) atoms. The average Bonchev–Trinajstić information content (AvgIpc) is 3.08. The lowest BCUT2D eigenvalue weighted by molar-refractivity contribution is -0.144. The summed E-state index contributed by atoms with van der Waals surface area (Å²) in [6.45, 7) is 1.94. The molecule has 3 fully saturated rings. The number of amides is 3. The summed E-state index contributed by atoms with van der Waals surface area (Å²) < 4.78 is 5.75. The highest BCUT2D eigenvalue weighted by atomic mass is 16.5. The molecule has 0 aromatic rings. The number of nitrogens with one attached hydrogen (secondary N) is 2. The van der Waals surface area contributed by atoms with E-state index in [4.69, 9.17) is 4.74 Å². The Morgan fingerprint density at radius 3 is 2.71 bits per heavy atom. The third kappa shape index (κ3) is 4.62. The van der Waals surface area contributed by atoms with Gasteiger partial charge in [0, 0.05) is 25.6 Å². The van der Waals surface area contributed by atoms with E-state index in [9.17, 15) is 9.59 Å². The average molecular weight is 337 g/mol. The van der Waals surface area contributed by atoms with Gasteiger partial charge in [-0.05, 0) is 38.5 Å². The van der Waals surface area contributed by atoms with Crippen LogP contribution < -0.4 is 10.6 Å². The third-order valence-electron chi connectivity index (χ3n) is 5.60. The van der Waals surface area contributed by atoms with E-state index in [-0.39, 0.29) is 24.1 Å². The van der Waals surface area contributed by atoms with Gasteiger partial charge in [0.15, 0.2) is 0 Å². The lowest BCUT2D eigenvalue weighted by Crippen LogP contribution is -2.51. The summed E-state index contributed by atoms with van der Waals surface area (Å²) in [6, 6.07) is 0.526. The molecule has 0 radical (unpaired) electrons. The van der Waals surface area contributed by atoms with Gasteiger partial charge in [-0.25, -0.2) is 4.79 Å². The number of carbonyl (C=O) groups is 2. The van der Waals surface area contributed by atoms with Crippen LogP contribution in [0.3, 0.4) is 0 Å². The summed E-state index contributed by atoms with van der Waals surface area (Å²) in [5, 5.41) is 5.93. The van der Waals surface area contributed by atoms with Crippen LogP contribution in [0.1, 0.15) is 64.2 Å². The first-order chi connectivity index (χ1) is 11.7. The largest absolute Gasteiger partial charge is 0.374 e. The Hall–Kier alpha value is -1.30. The molecule has 2 saturated carbocycles. The van der Waals surface area contributed by atoms with Gasteiger partial charge < -0.3 is 20.3 Å². The Morgan fingerprint density at radius 1 is 1.04 bits per heavy atom. The van der Waals surface area contributed by atoms with E-state index in [1.54, 1.807) is 0 Å². The zero-order chi connectivity index (χ0) is 16.8. The molecule has 2 N–H and O–H groups in total. The van der Waals surface area contributed by atoms with E-state index in [1.807, 2.05) is 4.90 Å². The number of ether oxygens (including phenoxy) is 1. The molecule has 1 aliphatic heterocycles. The Kier molecular flexibility index (Phi) is 6.35. The van der Waals surface area contributed by atoms with E-state index in [1.165, 1.54) is 19.3 Å². The molecule has 2 atom stereocenters. The molecular weight excluding hydrogens is 306 g/mol. The van der Waals surface area contributed by atoms with Crippen molar-refractivity contribution >= 4 is 11.9 Å². The molecule has 0 aromatic heterocycles. The van der Waals surface area contributed by atoms with Crippen LogP contribution in [0.25, 0.3) is 0 Å². The normalized spacial score (nSPS) is 27.6. The van der Waals surface area contributed by atoms with Crippen molar-refractivity contribution in [1.29, 1.82) is 0 Å². The van der Waals surface area contributed by atoms with Gasteiger partial charge in [0.05, 0.1) is 18.8 Å². The maximum atomic E-state index is 12.4.